The third-order valence-corrected chi connectivity index (χ3v) is 4.06. The number of imide groups is 1. The van der Waals surface area contributed by atoms with Crippen LogP contribution in [0.2, 0.25) is 5.02 Å². The molecule has 26 heavy (non-hydrogen) atoms. The topological polar surface area (TPSA) is 58.2 Å². The second-order valence-electron chi connectivity index (χ2n) is 5.00. The van der Waals surface area contributed by atoms with Crippen LogP contribution in [0.1, 0.15) is 15.9 Å². The van der Waals surface area contributed by atoms with Gasteiger partial charge in [0.15, 0.2) is 0 Å². The number of carbonyl (C=O) groups is 2. The van der Waals surface area contributed by atoms with Crippen LogP contribution in [-0.4, -0.2) is 18.1 Å². The van der Waals surface area contributed by atoms with E-state index in [9.17, 15) is 22.8 Å². The number of urea groups is 1. The van der Waals surface area contributed by atoms with Crippen molar-refractivity contribution < 1.29 is 22.8 Å². The third kappa shape index (κ3) is 5.60. The summed E-state index contributed by atoms with van der Waals surface area (Å²) >= 11 is 8.33. The highest BCUT2D eigenvalue weighted by Gasteiger charge is 2.31. The molecule has 2 rings (SSSR count). The van der Waals surface area contributed by atoms with Crippen molar-refractivity contribution in [1.82, 2.24) is 5.32 Å². The monoisotopic (exact) mass is 446 g/mol. The first-order chi connectivity index (χ1) is 12.2. The van der Waals surface area contributed by atoms with Gasteiger partial charge < -0.3 is 5.32 Å². The molecule has 2 N–H and O–H groups in total. The summed E-state index contributed by atoms with van der Waals surface area (Å²) in [6.45, 7) is 0. The van der Waals surface area contributed by atoms with Crippen molar-refractivity contribution >= 4 is 51.2 Å². The van der Waals surface area contributed by atoms with Crippen molar-refractivity contribution in [1.29, 1.82) is 0 Å². The molecule has 2 aromatic rings. The molecular formula is C17H11BrClF3N2O2. The van der Waals surface area contributed by atoms with E-state index in [0.717, 1.165) is 6.08 Å². The van der Waals surface area contributed by atoms with Gasteiger partial charge >= 0.3 is 12.2 Å². The Morgan fingerprint density at radius 1 is 1.08 bits per heavy atom. The quantitative estimate of drug-likeness (QED) is 0.643. The molecule has 0 saturated carbocycles. The van der Waals surface area contributed by atoms with E-state index in [-0.39, 0.29) is 21.8 Å². The summed E-state index contributed by atoms with van der Waals surface area (Å²) in [5, 5.41) is 4.65. The normalized spacial score (nSPS) is 11.8. The number of carbonyl (C=O) groups excluding carboxylic acids is 2. The van der Waals surface area contributed by atoms with E-state index in [4.69, 9.17) is 11.6 Å². The molecule has 0 spiro atoms. The van der Waals surface area contributed by atoms with Gasteiger partial charge in [-0.25, -0.2) is 4.79 Å². The first-order valence-electron chi connectivity index (χ1n) is 7.08. The first kappa shape index (κ1) is 20.0. The molecule has 4 nitrogen and oxygen atoms in total. The van der Waals surface area contributed by atoms with Crippen LogP contribution in [0.4, 0.5) is 23.7 Å². The van der Waals surface area contributed by atoms with E-state index in [0.29, 0.717) is 0 Å². The number of rotatable bonds is 3. The summed E-state index contributed by atoms with van der Waals surface area (Å²) in [4.78, 5) is 23.9. The minimum Gasteiger partial charge on any atom is -0.308 e. The Hall–Kier alpha value is -2.32. The second-order valence-corrected chi connectivity index (χ2v) is 6.27. The number of allylic oxidation sites excluding steroid dienone is 1. The van der Waals surface area contributed by atoms with Crippen LogP contribution in [0.5, 0.6) is 0 Å². The van der Waals surface area contributed by atoms with Gasteiger partial charge in [-0.2, -0.15) is 13.2 Å². The zero-order chi connectivity index (χ0) is 19.3. The maximum absolute atomic E-state index is 12.5. The van der Waals surface area contributed by atoms with Crippen molar-refractivity contribution in [3.63, 3.8) is 0 Å². The molecule has 0 aromatic heterocycles. The molecule has 2 aromatic carbocycles. The van der Waals surface area contributed by atoms with Gasteiger partial charge in [0.25, 0.3) is 5.91 Å². The number of benzene rings is 2. The van der Waals surface area contributed by atoms with Gasteiger partial charge in [-0.3, -0.25) is 10.1 Å². The van der Waals surface area contributed by atoms with Crippen LogP contribution >= 0.6 is 27.5 Å². The molecule has 0 aliphatic heterocycles. The maximum Gasteiger partial charge on any atom is 0.422 e. The lowest BCUT2D eigenvalue weighted by Gasteiger charge is -2.09. The molecule has 0 radical (unpaired) electrons. The number of hydrogen-bond acceptors (Lipinski definition) is 2. The van der Waals surface area contributed by atoms with Gasteiger partial charge in [0.2, 0.25) is 0 Å². The smallest absolute Gasteiger partial charge is 0.308 e. The van der Waals surface area contributed by atoms with E-state index in [2.05, 4.69) is 26.6 Å². The van der Waals surface area contributed by atoms with Gasteiger partial charge in [-0.1, -0.05) is 35.9 Å². The van der Waals surface area contributed by atoms with Crippen molar-refractivity contribution in [2.24, 2.45) is 0 Å². The molecule has 0 saturated heterocycles. The SMILES string of the molecule is O=C(NC(=O)c1ccccc1Cl)Nc1cccc(/C=C(\Br)C(F)(F)F)c1. The minimum absolute atomic E-state index is 0.120. The van der Waals surface area contributed by atoms with E-state index < -0.39 is 22.6 Å². The second kappa shape index (κ2) is 8.37. The number of amides is 3. The molecule has 9 heteroatoms. The predicted octanol–water partition coefficient (Wildman–Crippen LogP) is 5.60. The zero-order valence-corrected chi connectivity index (χ0v) is 15.2. The van der Waals surface area contributed by atoms with E-state index in [1.807, 2.05) is 0 Å². The Morgan fingerprint density at radius 3 is 2.42 bits per heavy atom. The third-order valence-electron chi connectivity index (χ3n) is 3.05. The van der Waals surface area contributed by atoms with Crippen LogP contribution < -0.4 is 10.6 Å². The molecule has 0 unspecified atom stereocenters. The van der Waals surface area contributed by atoms with Gasteiger partial charge in [0.1, 0.15) is 0 Å². The highest BCUT2D eigenvalue weighted by atomic mass is 79.9. The summed E-state index contributed by atoms with van der Waals surface area (Å²) < 4.78 is 36.7. The predicted molar refractivity (Wildman–Crippen MR) is 97.3 cm³/mol. The molecule has 0 aliphatic rings. The van der Waals surface area contributed by atoms with E-state index >= 15 is 0 Å². The van der Waals surface area contributed by atoms with Gasteiger partial charge in [-0.05, 0) is 51.8 Å². The van der Waals surface area contributed by atoms with Crippen LogP contribution in [0, 0.1) is 0 Å². The molecule has 0 atom stereocenters. The van der Waals surface area contributed by atoms with Crippen LogP contribution in [0.25, 0.3) is 6.08 Å². The lowest BCUT2D eigenvalue weighted by atomic mass is 10.2. The fraction of sp³-hybridized carbons (Fsp3) is 0.0588. The largest absolute Gasteiger partial charge is 0.422 e. The average Bonchev–Trinajstić information content (AvgIpc) is 2.54. The molecular weight excluding hydrogens is 437 g/mol. The zero-order valence-electron chi connectivity index (χ0n) is 12.9. The van der Waals surface area contributed by atoms with Gasteiger partial charge in [0, 0.05) is 5.69 Å². The fourth-order valence-electron chi connectivity index (χ4n) is 1.91. The summed E-state index contributed by atoms with van der Waals surface area (Å²) in [5.74, 6) is -0.705. The van der Waals surface area contributed by atoms with Crippen molar-refractivity contribution in [3.8, 4) is 0 Å². The van der Waals surface area contributed by atoms with E-state index in [1.54, 1.807) is 12.1 Å². The summed E-state index contributed by atoms with van der Waals surface area (Å²) in [6, 6.07) is 11.0. The highest BCUT2D eigenvalue weighted by Crippen LogP contribution is 2.32. The van der Waals surface area contributed by atoms with Crippen molar-refractivity contribution in [3.05, 3.63) is 69.2 Å². The number of anilines is 1. The highest BCUT2D eigenvalue weighted by molar-refractivity contribution is 9.11. The standard InChI is InChI=1S/C17H11BrClF3N2O2/c18-14(17(20,21)22)9-10-4-3-5-11(8-10)23-16(26)24-15(25)12-6-1-2-7-13(12)19/h1-9H,(H2,23,24,25,26)/b14-9-. The maximum atomic E-state index is 12.5. The Bertz CT molecular complexity index is 869. The van der Waals surface area contributed by atoms with Crippen LogP contribution in [0.15, 0.2) is 53.0 Å². The molecule has 0 fully saturated rings. The molecule has 3 amide bonds. The Kier molecular flexibility index (Phi) is 6.44. The van der Waals surface area contributed by atoms with Gasteiger partial charge in [0.05, 0.1) is 15.1 Å². The van der Waals surface area contributed by atoms with Crippen LogP contribution in [0.3, 0.4) is 0 Å². The summed E-state index contributed by atoms with van der Waals surface area (Å²) in [5.41, 5.74) is 0.547. The number of nitrogens with one attached hydrogen (secondary N) is 2. The lowest BCUT2D eigenvalue weighted by molar-refractivity contribution is -0.0820. The van der Waals surface area contributed by atoms with E-state index in [1.165, 1.54) is 36.4 Å². The lowest BCUT2D eigenvalue weighted by Crippen LogP contribution is -2.34. The van der Waals surface area contributed by atoms with Crippen molar-refractivity contribution in [2.45, 2.75) is 6.18 Å². The Balaban J connectivity index is 2.07. The molecule has 0 heterocycles. The van der Waals surface area contributed by atoms with Crippen molar-refractivity contribution in [2.75, 3.05) is 5.32 Å². The molecule has 0 aliphatic carbocycles. The average molecular weight is 448 g/mol. The Morgan fingerprint density at radius 2 is 1.77 bits per heavy atom. The van der Waals surface area contributed by atoms with Crippen LogP contribution in [-0.2, 0) is 0 Å². The first-order valence-corrected chi connectivity index (χ1v) is 8.25. The Labute approximate surface area is 160 Å². The number of hydrogen-bond donors (Lipinski definition) is 2. The summed E-state index contributed by atoms with van der Waals surface area (Å²) in [7, 11) is 0. The fourth-order valence-corrected chi connectivity index (χ4v) is 2.40. The van der Waals surface area contributed by atoms with Gasteiger partial charge in [-0.15, -0.1) is 0 Å². The summed E-state index contributed by atoms with van der Waals surface area (Å²) in [6.07, 6.45) is -3.64. The number of halogens is 5. The molecule has 0 bridgehead atoms. The number of alkyl halides is 3. The molecule has 136 valence electrons. The minimum atomic E-state index is -4.51.